The highest BCUT2D eigenvalue weighted by Crippen LogP contribution is 2.25. The number of rotatable bonds is 2. The highest BCUT2D eigenvalue weighted by atomic mass is 79.9. The zero-order chi connectivity index (χ0) is 14.0. The van der Waals surface area contributed by atoms with Gasteiger partial charge in [-0.3, -0.25) is 4.79 Å². The second kappa shape index (κ2) is 5.94. The summed E-state index contributed by atoms with van der Waals surface area (Å²) in [6.45, 7) is 0. The Hall–Kier alpha value is -1.04. The molecule has 0 aliphatic heterocycles. The topological polar surface area (TPSA) is 29.1 Å². The molecule has 0 heterocycles. The minimum Gasteiger partial charge on any atom is -0.321 e. The predicted octanol–water partition coefficient (Wildman–Crippen LogP) is 4.78. The zero-order valence-corrected chi connectivity index (χ0v) is 12.7. The first-order valence-corrected chi connectivity index (χ1v) is 6.84. The van der Waals surface area contributed by atoms with Crippen LogP contribution in [0, 0.1) is 5.82 Å². The largest absolute Gasteiger partial charge is 0.321 e. The number of thiol groups is 1. The number of benzene rings is 2. The van der Waals surface area contributed by atoms with Crippen molar-refractivity contribution in [1.29, 1.82) is 0 Å². The first-order valence-electron chi connectivity index (χ1n) is 5.22. The molecule has 0 aliphatic rings. The van der Waals surface area contributed by atoms with Crippen LogP contribution in [0.2, 0.25) is 5.02 Å². The van der Waals surface area contributed by atoms with E-state index in [9.17, 15) is 9.18 Å². The lowest BCUT2D eigenvalue weighted by Gasteiger charge is -2.09. The molecule has 0 bridgehead atoms. The summed E-state index contributed by atoms with van der Waals surface area (Å²) < 4.78 is 13.7. The molecule has 1 amide bonds. The lowest BCUT2D eigenvalue weighted by molar-refractivity contribution is 0.102. The molecule has 2 aromatic rings. The molecule has 0 aromatic heterocycles. The molecular weight excluding hydrogens is 353 g/mol. The fraction of sp³-hybridized carbons (Fsp3) is 0. The summed E-state index contributed by atoms with van der Waals surface area (Å²) in [5, 5.41) is 2.76. The van der Waals surface area contributed by atoms with E-state index in [0.29, 0.717) is 16.1 Å². The molecule has 2 nitrogen and oxygen atoms in total. The second-order valence-corrected chi connectivity index (χ2v) is 5.54. The van der Waals surface area contributed by atoms with Gasteiger partial charge in [0, 0.05) is 9.37 Å². The van der Waals surface area contributed by atoms with Gasteiger partial charge in [0.25, 0.3) is 5.91 Å². The Morgan fingerprint density at radius 3 is 2.63 bits per heavy atom. The highest BCUT2D eigenvalue weighted by molar-refractivity contribution is 9.10. The Bertz CT molecular complexity index is 651. The lowest BCUT2D eigenvalue weighted by Crippen LogP contribution is -2.13. The molecule has 1 N–H and O–H groups in total. The number of hydrogen-bond donors (Lipinski definition) is 2. The lowest BCUT2D eigenvalue weighted by atomic mass is 10.2. The Morgan fingerprint density at radius 1 is 1.26 bits per heavy atom. The number of amides is 1. The number of carbonyl (C=O) groups is 1. The van der Waals surface area contributed by atoms with Gasteiger partial charge < -0.3 is 5.32 Å². The molecule has 6 heteroatoms. The third-order valence-corrected chi connectivity index (χ3v) is 3.56. The zero-order valence-electron chi connectivity index (χ0n) is 9.45. The van der Waals surface area contributed by atoms with Crippen LogP contribution in [0.25, 0.3) is 0 Å². The number of nitrogens with one attached hydrogen (secondary N) is 1. The molecular formula is C13H8BrClFNOS. The molecule has 98 valence electrons. The van der Waals surface area contributed by atoms with E-state index in [2.05, 4.69) is 33.9 Å². The molecule has 0 atom stereocenters. The van der Waals surface area contributed by atoms with Crippen LogP contribution in [0.3, 0.4) is 0 Å². The summed E-state index contributed by atoms with van der Waals surface area (Å²) >= 11 is 13.4. The van der Waals surface area contributed by atoms with Crippen molar-refractivity contribution in [3.05, 3.63) is 57.3 Å². The van der Waals surface area contributed by atoms with Gasteiger partial charge in [0.1, 0.15) is 5.82 Å². The predicted molar refractivity (Wildman–Crippen MR) is 80.8 cm³/mol. The Labute approximate surface area is 128 Å². The molecule has 0 unspecified atom stereocenters. The fourth-order valence-corrected chi connectivity index (χ4v) is 2.54. The van der Waals surface area contributed by atoms with E-state index >= 15 is 0 Å². The third kappa shape index (κ3) is 3.49. The quantitative estimate of drug-likeness (QED) is 0.741. The van der Waals surface area contributed by atoms with Gasteiger partial charge in [0.15, 0.2) is 0 Å². The smallest absolute Gasteiger partial charge is 0.256 e. The molecule has 0 fully saturated rings. The van der Waals surface area contributed by atoms with Gasteiger partial charge in [0.05, 0.1) is 16.3 Å². The molecule has 0 saturated heterocycles. The summed E-state index contributed by atoms with van der Waals surface area (Å²) in [5.74, 6) is -0.812. The Morgan fingerprint density at radius 2 is 2.00 bits per heavy atom. The molecule has 2 rings (SSSR count). The van der Waals surface area contributed by atoms with Gasteiger partial charge in [-0.25, -0.2) is 4.39 Å². The Balaban J connectivity index is 2.25. The minimum atomic E-state index is -0.457. The maximum Gasteiger partial charge on any atom is 0.256 e. The maximum atomic E-state index is 12.9. The van der Waals surface area contributed by atoms with Crippen molar-refractivity contribution in [1.82, 2.24) is 0 Å². The first kappa shape index (κ1) is 14.4. The van der Waals surface area contributed by atoms with E-state index in [1.165, 1.54) is 12.1 Å². The first-order chi connectivity index (χ1) is 8.97. The number of carbonyl (C=O) groups excluding carboxylic acids is 1. The van der Waals surface area contributed by atoms with Crippen molar-refractivity contribution in [2.45, 2.75) is 4.90 Å². The van der Waals surface area contributed by atoms with E-state index in [0.717, 1.165) is 10.5 Å². The monoisotopic (exact) mass is 359 g/mol. The molecule has 0 spiro atoms. The van der Waals surface area contributed by atoms with Gasteiger partial charge in [-0.15, -0.1) is 12.6 Å². The van der Waals surface area contributed by atoms with Crippen LogP contribution in [0.1, 0.15) is 10.4 Å². The van der Waals surface area contributed by atoms with Crippen LogP contribution < -0.4 is 5.32 Å². The summed E-state index contributed by atoms with van der Waals surface area (Å²) in [5.41, 5.74) is 0.760. The van der Waals surface area contributed by atoms with Gasteiger partial charge in [-0.2, -0.15) is 0 Å². The normalized spacial score (nSPS) is 10.3. The molecule has 0 radical (unpaired) electrons. The van der Waals surface area contributed by atoms with Crippen LogP contribution in [0.4, 0.5) is 10.1 Å². The van der Waals surface area contributed by atoms with Gasteiger partial charge >= 0.3 is 0 Å². The van der Waals surface area contributed by atoms with E-state index in [1.807, 2.05) is 0 Å². The number of halogens is 3. The highest BCUT2D eigenvalue weighted by Gasteiger charge is 2.12. The van der Waals surface area contributed by atoms with Crippen LogP contribution in [0.15, 0.2) is 45.8 Å². The van der Waals surface area contributed by atoms with Crippen molar-refractivity contribution < 1.29 is 9.18 Å². The van der Waals surface area contributed by atoms with Gasteiger partial charge in [0.2, 0.25) is 0 Å². The van der Waals surface area contributed by atoms with Crippen molar-refractivity contribution >= 4 is 51.8 Å². The molecule has 19 heavy (non-hydrogen) atoms. The average Bonchev–Trinajstić information content (AvgIpc) is 2.32. The molecule has 2 aromatic carbocycles. The van der Waals surface area contributed by atoms with Crippen LogP contribution in [0.5, 0.6) is 0 Å². The molecule has 0 aliphatic carbocycles. The van der Waals surface area contributed by atoms with Crippen molar-refractivity contribution in [2.75, 3.05) is 5.32 Å². The van der Waals surface area contributed by atoms with Gasteiger partial charge in [-0.1, -0.05) is 27.5 Å². The maximum absolute atomic E-state index is 12.9. The third-order valence-electron chi connectivity index (χ3n) is 2.38. The summed E-state index contributed by atoms with van der Waals surface area (Å²) in [6, 6.07) is 8.86. The van der Waals surface area contributed by atoms with Crippen molar-refractivity contribution in [3.63, 3.8) is 0 Å². The van der Waals surface area contributed by atoms with E-state index in [1.54, 1.807) is 18.2 Å². The minimum absolute atomic E-state index is 0.145. The van der Waals surface area contributed by atoms with Crippen molar-refractivity contribution in [3.8, 4) is 0 Å². The van der Waals surface area contributed by atoms with Gasteiger partial charge in [-0.05, 0) is 36.4 Å². The SMILES string of the molecule is O=C(Nc1ccc(F)cc1Cl)c1ccc(Br)cc1S. The number of anilines is 1. The van der Waals surface area contributed by atoms with Crippen LogP contribution >= 0.6 is 40.2 Å². The van der Waals surface area contributed by atoms with Crippen molar-refractivity contribution in [2.24, 2.45) is 0 Å². The summed E-state index contributed by atoms with van der Waals surface area (Å²) in [7, 11) is 0. The summed E-state index contributed by atoms with van der Waals surface area (Å²) in [6.07, 6.45) is 0. The van der Waals surface area contributed by atoms with E-state index in [-0.39, 0.29) is 10.9 Å². The fourth-order valence-electron chi connectivity index (χ4n) is 1.48. The standard InChI is InChI=1S/C13H8BrClFNOS/c14-7-1-3-9(12(19)5-7)13(18)17-11-4-2-8(16)6-10(11)15/h1-6,19H,(H,17,18). The molecule has 0 saturated carbocycles. The van der Waals surface area contributed by atoms with Crippen LogP contribution in [-0.4, -0.2) is 5.91 Å². The Kier molecular flexibility index (Phi) is 4.50. The average molecular weight is 361 g/mol. The number of hydrogen-bond acceptors (Lipinski definition) is 2. The summed E-state index contributed by atoms with van der Waals surface area (Å²) in [4.78, 5) is 12.6. The van der Waals surface area contributed by atoms with Crippen LogP contribution in [-0.2, 0) is 0 Å². The van der Waals surface area contributed by atoms with E-state index in [4.69, 9.17) is 11.6 Å². The van der Waals surface area contributed by atoms with E-state index < -0.39 is 5.82 Å². The second-order valence-electron chi connectivity index (χ2n) is 3.74.